The van der Waals surface area contributed by atoms with E-state index in [1.54, 1.807) is 0 Å². The second-order valence-electron chi connectivity index (χ2n) is 3.43. The van der Waals surface area contributed by atoms with Gasteiger partial charge in [-0.05, 0) is 6.07 Å². The Morgan fingerprint density at radius 2 is 2.00 bits per heavy atom. The van der Waals surface area contributed by atoms with Gasteiger partial charge in [0.1, 0.15) is 10.0 Å². The second-order valence-corrected chi connectivity index (χ2v) is 4.22. The number of rotatable bonds is 1. The summed E-state index contributed by atoms with van der Waals surface area (Å²) < 4.78 is 0. The normalized spacial score (nSPS) is 16.2. The number of carbonyl (C=O) groups is 2. The van der Waals surface area contributed by atoms with Crippen LogP contribution in [0.2, 0.25) is 10.0 Å². The lowest BCUT2D eigenvalue weighted by Crippen LogP contribution is -2.36. The fourth-order valence-corrected chi connectivity index (χ4v) is 2.27. The summed E-state index contributed by atoms with van der Waals surface area (Å²) in [7, 11) is 0. The number of ketones is 1. The second kappa shape index (κ2) is 4.48. The molecule has 0 saturated carbocycles. The zero-order valence-corrected chi connectivity index (χ0v) is 10.3. The monoisotopic (exact) mass is 303 g/mol. The van der Waals surface area contributed by atoms with E-state index in [2.05, 4.69) is 10.5 Å². The van der Waals surface area contributed by atoms with E-state index in [9.17, 15) is 19.7 Å². The first-order chi connectivity index (χ1) is 8.88. The third-order valence-corrected chi connectivity index (χ3v) is 3.04. The first kappa shape index (κ1) is 13.2. The van der Waals surface area contributed by atoms with Crippen LogP contribution in [0.15, 0.2) is 11.2 Å². The van der Waals surface area contributed by atoms with Crippen LogP contribution < -0.4 is 5.32 Å². The van der Waals surface area contributed by atoms with Crippen LogP contribution >= 0.6 is 23.2 Å². The summed E-state index contributed by atoms with van der Waals surface area (Å²) in [6.07, 6.45) is 0. The molecule has 0 bridgehead atoms. The molecule has 0 atom stereocenters. The number of nitro benzene ring substituents is 1. The van der Waals surface area contributed by atoms with Crippen LogP contribution in [0, 0.1) is 10.1 Å². The molecule has 0 unspecified atom stereocenters. The quantitative estimate of drug-likeness (QED) is 0.466. The van der Waals surface area contributed by atoms with Crippen LogP contribution in [-0.4, -0.2) is 27.5 Å². The van der Waals surface area contributed by atoms with Crippen LogP contribution in [0.4, 0.5) is 11.4 Å². The first-order valence-corrected chi connectivity index (χ1v) is 5.38. The highest BCUT2D eigenvalue weighted by molar-refractivity contribution is 6.73. The summed E-state index contributed by atoms with van der Waals surface area (Å²) in [5, 5.41) is 23.3. The van der Waals surface area contributed by atoms with Crippen LogP contribution in [0.5, 0.6) is 0 Å². The number of benzene rings is 1. The molecule has 8 nitrogen and oxygen atoms in total. The lowest BCUT2D eigenvalue weighted by Gasteiger charge is -2.17. The molecule has 0 fully saturated rings. The van der Waals surface area contributed by atoms with E-state index >= 15 is 0 Å². The summed E-state index contributed by atoms with van der Waals surface area (Å²) >= 11 is 11.4. The van der Waals surface area contributed by atoms with Crippen molar-refractivity contribution in [2.45, 2.75) is 0 Å². The predicted molar refractivity (Wildman–Crippen MR) is 65.3 cm³/mol. The Labute approximate surface area is 114 Å². The Morgan fingerprint density at radius 3 is 2.53 bits per heavy atom. The summed E-state index contributed by atoms with van der Waals surface area (Å²) in [5.41, 5.74) is -1.90. The Morgan fingerprint density at radius 1 is 1.37 bits per heavy atom. The van der Waals surface area contributed by atoms with Gasteiger partial charge in [-0.25, -0.2) is 0 Å². The van der Waals surface area contributed by atoms with Gasteiger partial charge in [-0.1, -0.05) is 28.4 Å². The van der Waals surface area contributed by atoms with E-state index in [1.165, 1.54) is 0 Å². The molecule has 1 amide bonds. The highest BCUT2D eigenvalue weighted by atomic mass is 35.5. The van der Waals surface area contributed by atoms with Crippen LogP contribution in [-0.2, 0) is 4.79 Å². The SMILES string of the molecule is O=C1Nc2cc(Cl)c([N+](=O)[O-])c(Cl)c2C(=O)/C1=N/O. The van der Waals surface area contributed by atoms with Crippen molar-refractivity contribution in [3.63, 3.8) is 0 Å². The Kier molecular flexibility index (Phi) is 3.13. The average Bonchev–Trinajstić information content (AvgIpc) is 2.27. The number of anilines is 1. The maximum absolute atomic E-state index is 11.9. The lowest BCUT2D eigenvalue weighted by molar-refractivity contribution is -0.384. The van der Waals surface area contributed by atoms with Crippen molar-refractivity contribution in [3.8, 4) is 0 Å². The third-order valence-electron chi connectivity index (χ3n) is 2.38. The van der Waals surface area contributed by atoms with Crippen molar-refractivity contribution in [3.05, 3.63) is 31.8 Å². The molecule has 1 aromatic rings. The molecule has 1 heterocycles. The molecule has 2 rings (SSSR count). The topological polar surface area (TPSA) is 122 Å². The van der Waals surface area contributed by atoms with E-state index in [0.29, 0.717) is 0 Å². The summed E-state index contributed by atoms with van der Waals surface area (Å²) in [6, 6.07) is 1.03. The number of nitro groups is 1. The maximum Gasteiger partial charge on any atom is 0.307 e. The van der Waals surface area contributed by atoms with E-state index in [0.717, 1.165) is 6.07 Å². The standard InChI is InChI=1S/C9H3Cl2N3O5/c10-2-1-3-4(5(11)7(2)14(18)19)8(15)6(13-17)9(16)12-3/h1,17H,(H,12,16)/b13-6-. The fourth-order valence-electron chi connectivity index (χ4n) is 1.59. The van der Waals surface area contributed by atoms with Crippen LogP contribution in [0.25, 0.3) is 0 Å². The van der Waals surface area contributed by atoms with Gasteiger partial charge in [0.25, 0.3) is 5.91 Å². The molecular weight excluding hydrogens is 301 g/mol. The minimum atomic E-state index is -1.02. The van der Waals surface area contributed by atoms with E-state index in [-0.39, 0.29) is 16.3 Å². The van der Waals surface area contributed by atoms with Crippen molar-refractivity contribution in [1.29, 1.82) is 0 Å². The van der Waals surface area contributed by atoms with Gasteiger partial charge in [-0.3, -0.25) is 19.7 Å². The minimum absolute atomic E-state index is 0.0806. The molecule has 98 valence electrons. The van der Waals surface area contributed by atoms with E-state index in [1.807, 2.05) is 0 Å². The van der Waals surface area contributed by atoms with Crippen molar-refractivity contribution in [2.24, 2.45) is 5.16 Å². The van der Waals surface area contributed by atoms with Gasteiger partial charge in [-0.15, -0.1) is 0 Å². The van der Waals surface area contributed by atoms with Crippen LogP contribution in [0.3, 0.4) is 0 Å². The van der Waals surface area contributed by atoms with Crippen molar-refractivity contribution >= 4 is 52.0 Å². The molecule has 0 spiro atoms. The zero-order valence-electron chi connectivity index (χ0n) is 8.81. The smallest absolute Gasteiger partial charge is 0.307 e. The lowest BCUT2D eigenvalue weighted by atomic mass is 9.99. The van der Waals surface area contributed by atoms with Crippen molar-refractivity contribution < 1.29 is 19.7 Å². The molecule has 0 aliphatic carbocycles. The number of hydrogen-bond donors (Lipinski definition) is 2. The molecule has 0 aromatic heterocycles. The molecule has 1 aliphatic heterocycles. The fraction of sp³-hybridized carbons (Fsp3) is 0. The maximum atomic E-state index is 11.9. The molecule has 1 aromatic carbocycles. The van der Waals surface area contributed by atoms with Gasteiger partial charge in [-0.2, -0.15) is 0 Å². The van der Waals surface area contributed by atoms with Crippen LogP contribution in [0.1, 0.15) is 10.4 Å². The van der Waals surface area contributed by atoms with Gasteiger partial charge in [0.2, 0.25) is 11.5 Å². The number of Topliss-reactive ketones (excluding diaryl/α,β-unsaturated/α-hetero) is 1. The predicted octanol–water partition coefficient (Wildman–Crippen LogP) is 1.87. The molecule has 0 radical (unpaired) electrons. The summed E-state index contributed by atoms with van der Waals surface area (Å²) in [5.74, 6) is -1.98. The summed E-state index contributed by atoms with van der Waals surface area (Å²) in [4.78, 5) is 33.2. The Bertz CT molecular complexity index is 670. The average molecular weight is 304 g/mol. The Hall–Kier alpha value is -2.19. The number of nitrogens with zero attached hydrogens (tertiary/aromatic N) is 2. The highest BCUT2D eigenvalue weighted by Crippen LogP contribution is 2.41. The van der Waals surface area contributed by atoms with Gasteiger partial charge < -0.3 is 10.5 Å². The largest absolute Gasteiger partial charge is 0.410 e. The number of carbonyl (C=O) groups excluding carboxylic acids is 2. The van der Waals surface area contributed by atoms with Gasteiger partial charge in [0.15, 0.2) is 0 Å². The van der Waals surface area contributed by atoms with E-state index < -0.39 is 33.0 Å². The van der Waals surface area contributed by atoms with Crippen molar-refractivity contribution in [1.82, 2.24) is 0 Å². The van der Waals surface area contributed by atoms with Gasteiger partial charge >= 0.3 is 5.69 Å². The van der Waals surface area contributed by atoms with Gasteiger partial charge in [0.05, 0.1) is 16.2 Å². The minimum Gasteiger partial charge on any atom is -0.410 e. The number of oxime groups is 1. The third kappa shape index (κ3) is 1.90. The molecule has 19 heavy (non-hydrogen) atoms. The number of halogens is 2. The van der Waals surface area contributed by atoms with Gasteiger partial charge in [0, 0.05) is 0 Å². The Balaban J connectivity index is 2.79. The first-order valence-electron chi connectivity index (χ1n) is 4.63. The number of fused-ring (bicyclic) bond motifs is 1. The zero-order chi connectivity index (χ0) is 14.3. The number of nitrogens with one attached hydrogen (secondary N) is 1. The number of amides is 1. The molecule has 1 aliphatic rings. The molecular formula is C9H3Cl2N3O5. The highest BCUT2D eigenvalue weighted by Gasteiger charge is 2.37. The van der Waals surface area contributed by atoms with Crippen molar-refractivity contribution in [2.75, 3.05) is 5.32 Å². The van der Waals surface area contributed by atoms with E-state index in [4.69, 9.17) is 28.4 Å². The molecule has 0 saturated heterocycles. The summed E-state index contributed by atoms with van der Waals surface area (Å²) in [6.45, 7) is 0. The number of hydrogen-bond acceptors (Lipinski definition) is 6. The molecule has 10 heteroatoms. The molecule has 2 N–H and O–H groups in total.